The molecular formula is C15H22N2. The molecule has 0 spiro atoms. The van der Waals surface area contributed by atoms with Crippen LogP contribution in [0.4, 0.5) is 5.69 Å². The van der Waals surface area contributed by atoms with Crippen molar-refractivity contribution in [2.75, 3.05) is 5.32 Å². The third-order valence-corrected chi connectivity index (χ3v) is 2.85. The van der Waals surface area contributed by atoms with Crippen molar-refractivity contribution in [1.82, 2.24) is 0 Å². The topological polar surface area (TPSA) is 35.8 Å². The molecule has 0 aromatic heterocycles. The van der Waals surface area contributed by atoms with E-state index in [0.717, 1.165) is 11.6 Å². The van der Waals surface area contributed by atoms with Crippen LogP contribution in [0.25, 0.3) is 0 Å². The van der Waals surface area contributed by atoms with Gasteiger partial charge in [-0.1, -0.05) is 26.7 Å². The van der Waals surface area contributed by atoms with Crippen LogP contribution in [-0.2, 0) is 0 Å². The molecule has 92 valence electrons. The summed E-state index contributed by atoms with van der Waals surface area (Å²) in [5.74, 6) is 0.789. The Labute approximate surface area is 105 Å². The molecule has 2 nitrogen and oxygen atoms in total. The standard InChI is InChI=1S/C15H22N2/c1-12(2)5-4-6-13(3)17-15-9-7-14(11-16)8-10-15/h7-10,12-13,17H,4-6H2,1-3H3. The van der Waals surface area contributed by atoms with Gasteiger partial charge in [0, 0.05) is 11.7 Å². The van der Waals surface area contributed by atoms with Gasteiger partial charge in [0.15, 0.2) is 0 Å². The number of hydrogen-bond donors (Lipinski definition) is 1. The summed E-state index contributed by atoms with van der Waals surface area (Å²) in [5.41, 5.74) is 1.81. The predicted octanol–water partition coefficient (Wildman–Crippen LogP) is 4.18. The van der Waals surface area contributed by atoms with E-state index in [-0.39, 0.29) is 0 Å². The largest absolute Gasteiger partial charge is 0.383 e. The van der Waals surface area contributed by atoms with E-state index in [9.17, 15) is 0 Å². The Kier molecular flexibility index (Phi) is 5.56. The molecule has 1 unspecified atom stereocenters. The van der Waals surface area contributed by atoms with Crippen molar-refractivity contribution in [3.63, 3.8) is 0 Å². The SMILES string of the molecule is CC(C)CCCC(C)Nc1ccc(C#N)cc1. The van der Waals surface area contributed by atoms with Crippen LogP contribution in [-0.4, -0.2) is 6.04 Å². The van der Waals surface area contributed by atoms with Gasteiger partial charge >= 0.3 is 0 Å². The molecule has 0 radical (unpaired) electrons. The summed E-state index contributed by atoms with van der Waals surface area (Å²) < 4.78 is 0. The fraction of sp³-hybridized carbons (Fsp3) is 0.533. The molecule has 0 saturated heterocycles. The van der Waals surface area contributed by atoms with Gasteiger partial charge in [-0.05, 0) is 43.5 Å². The lowest BCUT2D eigenvalue weighted by Gasteiger charge is -2.15. The van der Waals surface area contributed by atoms with Crippen LogP contribution in [0.3, 0.4) is 0 Å². The lowest BCUT2D eigenvalue weighted by Crippen LogP contribution is -2.15. The van der Waals surface area contributed by atoms with Gasteiger partial charge in [-0.3, -0.25) is 0 Å². The zero-order valence-electron chi connectivity index (χ0n) is 11.0. The number of hydrogen-bond acceptors (Lipinski definition) is 2. The number of nitriles is 1. The molecule has 1 atom stereocenters. The molecule has 1 aromatic carbocycles. The molecule has 0 heterocycles. The fourth-order valence-corrected chi connectivity index (χ4v) is 1.83. The maximum absolute atomic E-state index is 8.71. The Balaban J connectivity index is 2.34. The molecule has 0 bridgehead atoms. The maximum Gasteiger partial charge on any atom is 0.0991 e. The molecule has 1 aromatic rings. The van der Waals surface area contributed by atoms with Crippen molar-refractivity contribution >= 4 is 5.69 Å². The molecule has 1 rings (SSSR count). The average Bonchev–Trinajstić information content (AvgIpc) is 2.29. The molecule has 0 aliphatic heterocycles. The third kappa shape index (κ3) is 5.40. The van der Waals surface area contributed by atoms with E-state index in [4.69, 9.17) is 5.26 Å². The van der Waals surface area contributed by atoms with Crippen molar-refractivity contribution < 1.29 is 0 Å². The van der Waals surface area contributed by atoms with Gasteiger partial charge < -0.3 is 5.32 Å². The summed E-state index contributed by atoms with van der Waals surface area (Å²) in [7, 11) is 0. The monoisotopic (exact) mass is 230 g/mol. The van der Waals surface area contributed by atoms with Gasteiger partial charge in [-0.2, -0.15) is 5.26 Å². The lowest BCUT2D eigenvalue weighted by molar-refractivity contribution is 0.520. The van der Waals surface area contributed by atoms with Crippen LogP contribution in [0.5, 0.6) is 0 Å². The summed E-state index contributed by atoms with van der Waals surface area (Å²) >= 11 is 0. The highest BCUT2D eigenvalue weighted by Crippen LogP contribution is 2.14. The molecule has 0 aliphatic rings. The smallest absolute Gasteiger partial charge is 0.0991 e. The Morgan fingerprint density at radius 1 is 1.12 bits per heavy atom. The second-order valence-electron chi connectivity index (χ2n) is 5.06. The summed E-state index contributed by atoms with van der Waals surface area (Å²) in [6.45, 7) is 6.73. The summed E-state index contributed by atoms with van der Waals surface area (Å²) in [6, 6.07) is 10.3. The second-order valence-corrected chi connectivity index (χ2v) is 5.06. The molecule has 1 N–H and O–H groups in total. The predicted molar refractivity (Wildman–Crippen MR) is 72.9 cm³/mol. The highest BCUT2D eigenvalue weighted by Gasteiger charge is 2.03. The number of nitrogens with zero attached hydrogens (tertiary/aromatic N) is 1. The maximum atomic E-state index is 8.71. The van der Waals surface area contributed by atoms with E-state index in [2.05, 4.69) is 32.2 Å². The zero-order chi connectivity index (χ0) is 12.7. The second kappa shape index (κ2) is 6.96. The highest BCUT2D eigenvalue weighted by atomic mass is 14.9. The lowest BCUT2D eigenvalue weighted by atomic mass is 10.0. The van der Waals surface area contributed by atoms with Gasteiger partial charge in [-0.25, -0.2) is 0 Å². The van der Waals surface area contributed by atoms with Crippen LogP contribution in [0, 0.1) is 17.2 Å². The van der Waals surface area contributed by atoms with Crippen molar-refractivity contribution in [3.8, 4) is 6.07 Å². The highest BCUT2D eigenvalue weighted by molar-refractivity contribution is 5.47. The van der Waals surface area contributed by atoms with Crippen molar-refractivity contribution in [3.05, 3.63) is 29.8 Å². The van der Waals surface area contributed by atoms with Gasteiger partial charge in [0.05, 0.1) is 11.6 Å². The summed E-state index contributed by atoms with van der Waals surface area (Å²) in [5, 5.41) is 12.2. The molecule has 0 saturated carbocycles. The number of nitrogens with one attached hydrogen (secondary N) is 1. The van der Waals surface area contributed by atoms with E-state index in [1.54, 1.807) is 0 Å². The van der Waals surface area contributed by atoms with Crippen molar-refractivity contribution in [2.24, 2.45) is 5.92 Å². The van der Waals surface area contributed by atoms with Crippen LogP contribution < -0.4 is 5.32 Å². The molecule has 2 heteroatoms. The van der Waals surface area contributed by atoms with Gasteiger partial charge in [0.2, 0.25) is 0 Å². The van der Waals surface area contributed by atoms with Crippen LogP contribution in [0.2, 0.25) is 0 Å². The number of benzene rings is 1. The Bertz CT molecular complexity index is 360. The minimum atomic E-state index is 0.488. The van der Waals surface area contributed by atoms with E-state index >= 15 is 0 Å². The Morgan fingerprint density at radius 3 is 2.29 bits per heavy atom. The zero-order valence-corrected chi connectivity index (χ0v) is 11.0. The first-order valence-electron chi connectivity index (χ1n) is 6.38. The molecular weight excluding hydrogens is 208 g/mol. The quantitative estimate of drug-likeness (QED) is 0.795. The molecule has 0 aliphatic carbocycles. The average molecular weight is 230 g/mol. The first-order valence-corrected chi connectivity index (χ1v) is 6.38. The van der Waals surface area contributed by atoms with Gasteiger partial charge in [0.25, 0.3) is 0 Å². The normalized spacial score (nSPS) is 12.2. The first-order chi connectivity index (χ1) is 8.11. The minimum absolute atomic E-state index is 0.488. The third-order valence-electron chi connectivity index (χ3n) is 2.85. The first kappa shape index (κ1) is 13.6. The van der Waals surface area contributed by atoms with E-state index in [1.165, 1.54) is 19.3 Å². The van der Waals surface area contributed by atoms with E-state index in [1.807, 2.05) is 24.3 Å². The van der Waals surface area contributed by atoms with Gasteiger partial charge in [0.1, 0.15) is 0 Å². The van der Waals surface area contributed by atoms with Crippen LogP contribution in [0.1, 0.15) is 45.6 Å². The van der Waals surface area contributed by atoms with Crippen LogP contribution >= 0.6 is 0 Å². The molecule has 0 fully saturated rings. The summed E-state index contributed by atoms with van der Waals surface area (Å²) in [4.78, 5) is 0. The number of anilines is 1. The van der Waals surface area contributed by atoms with Crippen molar-refractivity contribution in [2.45, 2.75) is 46.1 Å². The van der Waals surface area contributed by atoms with Crippen molar-refractivity contribution in [1.29, 1.82) is 5.26 Å². The Hall–Kier alpha value is -1.49. The Morgan fingerprint density at radius 2 is 1.76 bits per heavy atom. The van der Waals surface area contributed by atoms with E-state index < -0.39 is 0 Å². The number of rotatable bonds is 6. The van der Waals surface area contributed by atoms with E-state index in [0.29, 0.717) is 11.6 Å². The fourth-order valence-electron chi connectivity index (χ4n) is 1.83. The minimum Gasteiger partial charge on any atom is -0.383 e. The van der Waals surface area contributed by atoms with Gasteiger partial charge in [-0.15, -0.1) is 0 Å². The summed E-state index contributed by atoms with van der Waals surface area (Å²) in [6.07, 6.45) is 3.75. The molecule has 0 amide bonds. The van der Waals surface area contributed by atoms with Crippen LogP contribution in [0.15, 0.2) is 24.3 Å². The molecule has 17 heavy (non-hydrogen) atoms.